The highest BCUT2D eigenvalue weighted by atomic mass is 19.3. The van der Waals surface area contributed by atoms with Gasteiger partial charge in [0.05, 0.1) is 11.3 Å². The van der Waals surface area contributed by atoms with Gasteiger partial charge in [-0.25, -0.2) is 22.9 Å². The summed E-state index contributed by atoms with van der Waals surface area (Å²) in [5.41, 5.74) is 7.09. The standard InChI is InChI=1S/C22H22F3N5O3/c1-3-27-22(31)33-9-8-32-20-17(14-10-12(2)28-16(11-14)19(24)25)18(29-21(26)30-20)13-4-6-15(23)7-5-13/h4-7,10-11,19H,3,8-9H2,1-2H3,(H,27,31)(H2,26,29,30). The third-order valence-corrected chi connectivity index (χ3v) is 4.37. The number of nitrogens with two attached hydrogens (primary N) is 1. The van der Waals surface area contributed by atoms with Crippen molar-refractivity contribution >= 4 is 12.0 Å². The van der Waals surface area contributed by atoms with E-state index in [0.29, 0.717) is 23.4 Å². The lowest BCUT2D eigenvalue weighted by Crippen LogP contribution is -2.25. The number of nitrogens with one attached hydrogen (secondary N) is 1. The molecule has 3 rings (SSSR count). The molecule has 3 aromatic rings. The molecule has 3 N–H and O–H groups in total. The number of alkyl carbamates (subject to hydrolysis) is 1. The summed E-state index contributed by atoms with van der Waals surface area (Å²) in [5, 5.41) is 2.48. The van der Waals surface area contributed by atoms with Crippen LogP contribution in [0.5, 0.6) is 5.88 Å². The van der Waals surface area contributed by atoms with Gasteiger partial charge in [-0.2, -0.15) is 4.98 Å². The number of nitrogens with zero attached hydrogens (tertiary/aromatic N) is 3. The van der Waals surface area contributed by atoms with Crippen molar-refractivity contribution in [3.63, 3.8) is 0 Å². The quantitative estimate of drug-likeness (QED) is 0.481. The number of aryl methyl sites for hydroxylation is 1. The van der Waals surface area contributed by atoms with Crippen molar-refractivity contribution in [2.75, 3.05) is 25.5 Å². The molecule has 11 heteroatoms. The molecule has 2 heterocycles. The van der Waals surface area contributed by atoms with E-state index in [4.69, 9.17) is 15.2 Å². The summed E-state index contributed by atoms with van der Waals surface area (Å²) in [6.07, 6.45) is -3.41. The number of carbonyl (C=O) groups is 1. The van der Waals surface area contributed by atoms with Crippen molar-refractivity contribution in [1.29, 1.82) is 0 Å². The van der Waals surface area contributed by atoms with E-state index in [9.17, 15) is 18.0 Å². The first-order valence-corrected chi connectivity index (χ1v) is 10.0. The predicted octanol–water partition coefficient (Wildman–Crippen LogP) is 4.30. The Morgan fingerprint density at radius 2 is 1.82 bits per heavy atom. The summed E-state index contributed by atoms with van der Waals surface area (Å²) < 4.78 is 51.0. The number of rotatable bonds is 8. The second-order valence-electron chi connectivity index (χ2n) is 6.85. The molecule has 2 aromatic heterocycles. The first-order valence-electron chi connectivity index (χ1n) is 10.0. The van der Waals surface area contributed by atoms with Crippen LogP contribution in [0, 0.1) is 12.7 Å². The van der Waals surface area contributed by atoms with Crippen molar-refractivity contribution in [2.24, 2.45) is 0 Å². The number of nitrogen functional groups attached to an aromatic ring is 1. The van der Waals surface area contributed by atoms with Crippen LogP contribution in [0.2, 0.25) is 0 Å². The van der Waals surface area contributed by atoms with Crippen LogP contribution in [-0.2, 0) is 4.74 Å². The number of amides is 1. The molecular formula is C22H22F3N5O3. The average Bonchev–Trinajstić information content (AvgIpc) is 2.76. The van der Waals surface area contributed by atoms with E-state index >= 15 is 0 Å². The zero-order valence-electron chi connectivity index (χ0n) is 17.9. The summed E-state index contributed by atoms with van der Waals surface area (Å²) in [6.45, 7) is 3.54. The van der Waals surface area contributed by atoms with Crippen LogP contribution in [0.15, 0.2) is 36.4 Å². The van der Waals surface area contributed by atoms with Crippen LogP contribution in [0.4, 0.5) is 23.9 Å². The monoisotopic (exact) mass is 461 g/mol. The molecule has 0 saturated heterocycles. The summed E-state index contributed by atoms with van der Waals surface area (Å²) in [6, 6.07) is 8.21. The molecule has 0 spiro atoms. The van der Waals surface area contributed by atoms with Crippen LogP contribution in [-0.4, -0.2) is 40.8 Å². The van der Waals surface area contributed by atoms with Crippen LogP contribution in [0.1, 0.15) is 24.7 Å². The maximum atomic E-state index is 13.5. The number of ether oxygens (including phenoxy) is 2. The van der Waals surface area contributed by atoms with Crippen LogP contribution in [0.25, 0.3) is 22.4 Å². The summed E-state index contributed by atoms with van der Waals surface area (Å²) >= 11 is 0. The second-order valence-corrected chi connectivity index (χ2v) is 6.85. The molecule has 0 atom stereocenters. The number of hydrogen-bond acceptors (Lipinski definition) is 7. The molecule has 8 nitrogen and oxygen atoms in total. The topological polar surface area (TPSA) is 112 Å². The molecule has 0 saturated carbocycles. The normalized spacial score (nSPS) is 10.8. The highest BCUT2D eigenvalue weighted by Gasteiger charge is 2.21. The molecule has 0 fully saturated rings. The first kappa shape index (κ1) is 23.8. The minimum atomic E-state index is -2.80. The van der Waals surface area contributed by atoms with E-state index < -0.39 is 24.0 Å². The fraction of sp³-hybridized carbons (Fsp3) is 0.273. The van der Waals surface area contributed by atoms with Gasteiger partial charge in [-0.3, -0.25) is 4.98 Å². The number of halogens is 3. The van der Waals surface area contributed by atoms with Crippen molar-refractivity contribution in [1.82, 2.24) is 20.3 Å². The van der Waals surface area contributed by atoms with E-state index in [1.54, 1.807) is 19.9 Å². The lowest BCUT2D eigenvalue weighted by molar-refractivity contribution is 0.124. The van der Waals surface area contributed by atoms with E-state index in [1.807, 2.05) is 0 Å². The van der Waals surface area contributed by atoms with Gasteiger partial charge in [-0.05, 0) is 55.8 Å². The molecule has 0 radical (unpaired) electrons. The molecule has 0 unspecified atom stereocenters. The summed E-state index contributed by atoms with van der Waals surface area (Å²) in [4.78, 5) is 23.7. The first-order chi connectivity index (χ1) is 15.8. The number of carbonyl (C=O) groups excluding carboxylic acids is 1. The Hall–Kier alpha value is -3.89. The number of alkyl halides is 2. The Morgan fingerprint density at radius 3 is 2.48 bits per heavy atom. The zero-order chi connectivity index (χ0) is 24.0. The molecular weight excluding hydrogens is 439 g/mol. The third-order valence-electron chi connectivity index (χ3n) is 4.37. The number of hydrogen-bond donors (Lipinski definition) is 2. The predicted molar refractivity (Wildman–Crippen MR) is 115 cm³/mol. The largest absolute Gasteiger partial charge is 0.473 e. The fourth-order valence-corrected chi connectivity index (χ4v) is 3.06. The Balaban J connectivity index is 2.07. The van der Waals surface area contributed by atoms with Gasteiger partial charge in [0.2, 0.25) is 11.8 Å². The number of benzene rings is 1. The molecule has 33 heavy (non-hydrogen) atoms. The number of aromatic nitrogens is 3. The Kier molecular flexibility index (Phi) is 7.65. The smallest absolute Gasteiger partial charge is 0.407 e. The van der Waals surface area contributed by atoms with Gasteiger partial charge in [0, 0.05) is 17.8 Å². The van der Waals surface area contributed by atoms with Crippen LogP contribution >= 0.6 is 0 Å². The van der Waals surface area contributed by atoms with Gasteiger partial charge < -0.3 is 20.5 Å². The zero-order valence-corrected chi connectivity index (χ0v) is 17.9. The molecule has 174 valence electrons. The van der Waals surface area contributed by atoms with Gasteiger partial charge in [0.15, 0.2) is 0 Å². The molecule has 1 amide bonds. The molecule has 0 bridgehead atoms. The van der Waals surface area contributed by atoms with Gasteiger partial charge in [-0.1, -0.05) is 0 Å². The number of pyridine rings is 1. The van der Waals surface area contributed by atoms with Gasteiger partial charge >= 0.3 is 6.09 Å². The highest BCUT2D eigenvalue weighted by Crippen LogP contribution is 2.39. The lowest BCUT2D eigenvalue weighted by atomic mass is 9.99. The van der Waals surface area contributed by atoms with Crippen LogP contribution < -0.4 is 15.8 Å². The maximum absolute atomic E-state index is 13.5. The van der Waals surface area contributed by atoms with Gasteiger partial charge in [0.1, 0.15) is 24.7 Å². The van der Waals surface area contributed by atoms with E-state index in [-0.39, 0.29) is 36.3 Å². The van der Waals surface area contributed by atoms with Gasteiger partial charge in [-0.15, -0.1) is 0 Å². The van der Waals surface area contributed by atoms with Crippen molar-refractivity contribution in [3.8, 4) is 28.3 Å². The van der Waals surface area contributed by atoms with E-state index in [1.165, 1.54) is 30.3 Å². The van der Waals surface area contributed by atoms with Crippen LogP contribution in [0.3, 0.4) is 0 Å². The fourth-order valence-electron chi connectivity index (χ4n) is 3.06. The number of anilines is 1. The third kappa shape index (κ3) is 6.09. The molecule has 1 aromatic carbocycles. The minimum absolute atomic E-state index is 0.00728. The highest BCUT2D eigenvalue weighted by molar-refractivity contribution is 5.85. The Morgan fingerprint density at radius 1 is 1.09 bits per heavy atom. The second kappa shape index (κ2) is 10.6. The lowest BCUT2D eigenvalue weighted by Gasteiger charge is -2.16. The van der Waals surface area contributed by atoms with Crippen molar-refractivity contribution in [3.05, 3.63) is 53.6 Å². The molecule has 0 aliphatic heterocycles. The summed E-state index contributed by atoms with van der Waals surface area (Å²) in [7, 11) is 0. The molecule has 0 aliphatic carbocycles. The Bertz CT molecular complexity index is 1130. The average molecular weight is 461 g/mol. The van der Waals surface area contributed by atoms with Crippen molar-refractivity contribution < 1.29 is 27.4 Å². The van der Waals surface area contributed by atoms with Gasteiger partial charge in [0.25, 0.3) is 6.43 Å². The molecule has 0 aliphatic rings. The summed E-state index contributed by atoms with van der Waals surface area (Å²) in [5.74, 6) is -0.606. The SMILES string of the molecule is CCNC(=O)OCCOc1nc(N)nc(-c2ccc(F)cc2)c1-c1cc(C)nc(C(F)F)c1. The van der Waals surface area contributed by atoms with Crippen molar-refractivity contribution in [2.45, 2.75) is 20.3 Å². The van der Waals surface area contributed by atoms with E-state index in [2.05, 4.69) is 20.3 Å². The minimum Gasteiger partial charge on any atom is -0.473 e. The Labute approximate surface area is 188 Å². The van der Waals surface area contributed by atoms with E-state index in [0.717, 1.165) is 0 Å². The maximum Gasteiger partial charge on any atom is 0.407 e.